The van der Waals surface area contributed by atoms with Crippen LogP contribution in [-0.2, 0) is 10.0 Å². The number of anilines is 2. The molecule has 0 spiro atoms. The summed E-state index contributed by atoms with van der Waals surface area (Å²) in [5, 5.41) is 14.9. The van der Waals surface area contributed by atoms with Gasteiger partial charge in [-0.1, -0.05) is 30.3 Å². The lowest BCUT2D eigenvalue weighted by Gasteiger charge is -2.35. The van der Waals surface area contributed by atoms with Gasteiger partial charge in [-0.2, -0.15) is 4.31 Å². The zero-order chi connectivity index (χ0) is 26.6. The number of nitro benzene ring substituents is 1. The summed E-state index contributed by atoms with van der Waals surface area (Å²) >= 11 is 0. The fourth-order valence-corrected chi connectivity index (χ4v) is 5.80. The number of benzene rings is 3. The van der Waals surface area contributed by atoms with Crippen LogP contribution in [0.15, 0.2) is 71.6 Å². The Labute approximate surface area is 216 Å². The predicted molar refractivity (Wildman–Crippen MR) is 142 cm³/mol. The second-order valence-electron chi connectivity index (χ2n) is 8.64. The van der Waals surface area contributed by atoms with Gasteiger partial charge in [0, 0.05) is 50.0 Å². The number of hydrogen-bond acceptors (Lipinski definition) is 8. The van der Waals surface area contributed by atoms with Crippen LogP contribution in [0, 0.1) is 10.1 Å². The van der Waals surface area contributed by atoms with Gasteiger partial charge in [-0.05, 0) is 36.8 Å². The molecule has 4 rings (SSSR count). The monoisotopic (exact) mass is 526 g/mol. The molecule has 0 bridgehead atoms. The second kappa shape index (κ2) is 11.1. The molecule has 1 fully saturated rings. The zero-order valence-corrected chi connectivity index (χ0v) is 21.8. The van der Waals surface area contributed by atoms with E-state index < -0.39 is 14.9 Å². The van der Waals surface area contributed by atoms with Crippen LogP contribution in [0.25, 0.3) is 0 Å². The van der Waals surface area contributed by atoms with Crippen molar-refractivity contribution in [1.82, 2.24) is 4.31 Å². The van der Waals surface area contributed by atoms with E-state index in [4.69, 9.17) is 9.47 Å². The molecule has 0 aliphatic carbocycles. The van der Waals surface area contributed by atoms with Crippen molar-refractivity contribution < 1.29 is 22.8 Å². The summed E-state index contributed by atoms with van der Waals surface area (Å²) in [5.41, 5.74) is 2.20. The lowest BCUT2D eigenvalue weighted by molar-refractivity contribution is -0.384. The molecule has 1 saturated heterocycles. The summed E-state index contributed by atoms with van der Waals surface area (Å²) in [4.78, 5) is 13.4. The quantitative estimate of drug-likeness (QED) is 0.324. The summed E-state index contributed by atoms with van der Waals surface area (Å²) in [5.74, 6) is 0.799. The first-order valence-corrected chi connectivity index (χ1v) is 13.3. The van der Waals surface area contributed by atoms with Gasteiger partial charge in [0.1, 0.15) is 5.69 Å². The molecule has 37 heavy (non-hydrogen) atoms. The molecule has 3 aromatic carbocycles. The minimum absolute atomic E-state index is 0.0128. The number of ether oxygens (including phenoxy) is 2. The van der Waals surface area contributed by atoms with Crippen molar-refractivity contribution in [2.24, 2.45) is 0 Å². The zero-order valence-electron chi connectivity index (χ0n) is 21.0. The minimum atomic E-state index is -3.73. The van der Waals surface area contributed by atoms with Crippen LogP contribution in [-0.4, -0.2) is 58.0 Å². The number of sulfonamides is 1. The second-order valence-corrected chi connectivity index (χ2v) is 10.6. The molecule has 0 unspecified atom stereocenters. The number of methoxy groups -OCH3 is 2. The Kier molecular flexibility index (Phi) is 7.84. The number of piperazine rings is 1. The topological polar surface area (TPSA) is 114 Å². The summed E-state index contributed by atoms with van der Waals surface area (Å²) in [6.45, 7) is 3.38. The van der Waals surface area contributed by atoms with Gasteiger partial charge >= 0.3 is 0 Å². The SMILES string of the molecule is COc1ccc(S(=O)(=O)N2CCN(c3ccc([N+](=O)[O-])c(N[C@H](C)c4ccccc4)c3)CC2)cc1OC. The molecule has 0 amide bonds. The van der Waals surface area contributed by atoms with Crippen molar-refractivity contribution in [2.45, 2.75) is 17.9 Å². The first-order valence-electron chi connectivity index (χ1n) is 11.8. The third-order valence-corrected chi connectivity index (χ3v) is 8.34. The van der Waals surface area contributed by atoms with Gasteiger partial charge in [0.05, 0.1) is 24.0 Å². The van der Waals surface area contributed by atoms with Gasteiger partial charge in [-0.15, -0.1) is 0 Å². The Morgan fingerprint density at radius 3 is 2.22 bits per heavy atom. The Morgan fingerprint density at radius 1 is 0.919 bits per heavy atom. The molecule has 0 radical (unpaired) electrons. The van der Waals surface area contributed by atoms with Crippen LogP contribution in [0.4, 0.5) is 17.1 Å². The van der Waals surface area contributed by atoms with Crippen LogP contribution >= 0.6 is 0 Å². The maximum absolute atomic E-state index is 13.3. The average Bonchev–Trinajstić information content (AvgIpc) is 2.93. The highest BCUT2D eigenvalue weighted by Gasteiger charge is 2.30. The first-order chi connectivity index (χ1) is 17.7. The number of nitro groups is 1. The molecular weight excluding hydrogens is 496 g/mol. The fraction of sp³-hybridized carbons (Fsp3) is 0.308. The lowest BCUT2D eigenvalue weighted by atomic mass is 10.1. The molecule has 1 aliphatic rings. The van der Waals surface area contributed by atoms with E-state index in [9.17, 15) is 18.5 Å². The van der Waals surface area contributed by atoms with E-state index in [2.05, 4.69) is 5.32 Å². The minimum Gasteiger partial charge on any atom is -0.493 e. The molecule has 1 atom stereocenters. The van der Waals surface area contributed by atoms with Gasteiger partial charge in [0.15, 0.2) is 11.5 Å². The van der Waals surface area contributed by atoms with Crippen LogP contribution in [0.5, 0.6) is 11.5 Å². The van der Waals surface area contributed by atoms with Crippen LogP contribution in [0.3, 0.4) is 0 Å². The summed E-state index contributed by atoms with van der Waals surface area (Å²) in [7, 11) is -0.776. The van der Waals surface area contributed by atoms with E-state index in [0.717, 1.165) is 11.3 Å². The van der Waals surface area contributed by atoms with E-state index in [1.807, 2.05) is 42.2 Å². The van der Waals surface area contributed by atoms with Gasteiger partial charge in [-0.3, -0.25) is 10.1 Å². The molecule has 0 saturated carbocycles. The molecule has 11 heteroatoms. The fourth-order valence-electron chi connectivity index (χ4n) is 4.37. The van der Waals surface area contributed by atoms with E-state index >= 15 is 0 Å². The van der Waals surface area contributed by atoms with E-state index in [-0.39, 0.29) is 29.7 Å². The highest BCUT2D eigenvalue weighted by Crippen LogP contribution is 2.34. The third kappa shape index (κ3) is 5.62. The normalized spacial score (nSPS) is 15.2. The first kappa shape index (κ1) is 26.2. The summed E-state index contributed by atoms with van der Waals surface area (Å²) in [6, 6.07) is 19.0. The molecule has 0 aromatic heterocycles. The van der Waals surface area contributed by atoms with Crippen LogP contribution < -0.4 is 19.7 Å². The van der Waals surface area contributed by atoms with Gasteiger partial charge in [0.2, 0.25) is 10.0 Å². The Bertz CT molecular complexity index is 1360. The van der Waals surface area contributed by atoms with Crippen molar-refractivity contribution in [3.05, 3.63) is 82.4 Å². The van der Waals surface area contributed by atoms with Gasteiger partial charge in [0.25, 0.3) is 5.69 Å². The van der Waals surface area contributed by atoms with Crippen LogP contribution in [0.2, 0.25) is 0 Å². The van der Waals surface area contributed by atoms with Crippen molar-refractivity contribution in [3.63, 3.8) is 0 Å². The maximum atomic E-state index is 13.3. The van der Waals surface area contributed by atoms with E-state index in [0.29, 0.717) is 30.3 Å². The molecule has 10 nitrogen and oxygen atoms in total. The van der Waals surface area contributed by atoms with Crippen molar-refractivity contribution in [3.8, 4) is 11.5 Å². The Morgan fingerprint density at radius 2 is 1.59 bits per heavy atom. The predicted octanol–water partition coefficient (Wildman–Crippen LogP) is 4.30. The van der Waals surface area contributed by atoms with E-state index in [1.165, 1.54) is 36.7 Å². The highest BCUT2D eigenvalue weighted by molar-refractivity contribution is 7.89. The van der Waals surface area contributed by atoms with Crippen molar-refractivity contribution >= 4 is 27.1 Å². The molecular formula is C26H30N4O6S. The largest absolute Gasteiger partial charge is 0.493 e. The molecule has 1 N–H and O–H groups in total. The number of nitrogens with zero attached hydrogens (tertiary/aromatic N) is 3. The van der Waals surface area contributed by atoms with Gasteiger partial charge in [-0.25, -0.2) is 8.42 Å². The lowest BCUT2D eigenvalue weighted by Crippen LogP contribution is -2.48. The standard InChI is InChI=1S/C26H30N4O6S/c1-19(20-7-5-4-6-8-20)27-23-17-21(9-11-24(23)30(31)32)28-13-15-29(16-14-28)37(33,34)22-10-12-25(35-2)26(18-22)36-3/h4-12,17-19,27H,13-16H2,1-3H3/t19-/m1/s1. The molecule has 1 aliphatic heterocycles. The Hall–Kier alpha value is -3.83. The van der Waals surface area contributed by atoms with Crippen molar-refractivity contribution in [2.75, 3.05) is 50.6 Å². The third-order valence-electron chi connectivity index (χ3n) is 6.44. The average molecular weight is 527 g/mol. The number of rotatable bonds is 9. The number of hydrogen-bond donors (Lipinski definition) is 1. The molecule has 1 heterocycles. The summed E-state index contributed by atoms with van der Waals surface area (Å²) < 4.78 is 38.4. The van der Waals surface area contributed by atoms with Crippen molar-refractivity contribution in [1.29, 1.82) is 0 Å². The van der Waals surface area contributed by atoms with Crippen LogP contribution in [0.1, 0.15) is 18.5 Å². The van der Waals surface area contributed by atoms with E-state index in [1.54, 1.807) is 18.2 Å². The molecule has 3 aromatic rings. The number of nitrogens with one attached hydrogen (secondary N) is 1. The molecule has 196 valence electrons. The highest BCUT2D eigenvalue weighted by atomic mass is 32.2. The smallest absolute Gasteiger partial charge is 0.292 e. The Balaban J connectivity index is 1.50. The van der Waals surface area contributed by atoms with Gasteiger partial charge < -0.3 is 19.7 Å². The summed E-state index contributed by atoms with van der Waals surface area (Å²) in [6.07, 6.45) is 0. The maximum Gasteiger partial charge on any atom is 0.292 e.